The molecule has 1 saturated heterocycles. The maximum Gasteiger partial charge on any atom is 0.433 e. The first-order chi connectivity index (χ1) is 14.0. The Morgan fingerprint density at radius 1 is 1.24 bits per heavy atom. The Morgan fingerprint density at radius 3 is 2.72 bits per heavy atom. The van der Waals surface area contributed by atoms with Crippen LogP contribution in [0.5, 0.6) is 0 Å². The normalized spacial score (nSPS) is 16.5. The lowest BCUT2D eigenvalue weighted by atomic mass is 10.2. The van der Waals surface area contributed by atoms with Crippen molar-refractivity contribution in [3.8, 4) is 10.8 Å². The highest BCUT2D eigenvalue weighted by molar-refractivity contribution is 8.18. The molecule has 1 aliphatic heterocycles. The van der Waals surface area contributed by atoms with E-state index >= 15 is 0 Å². The third-order valence-corrected chi connectivity index (χ3v) is 6.14. The van der Waals surface area contributed by atoms with Crippen LogP contribution in [0.25, 0.3) is 16.8 Å². The first-order valence-electron chi connectivity index (χ1n) is 8.03. The molecule has 9 nitrogen and oxygen atoms in total. The van der Waals surface area contributed by atoms with Crippen molar-refractivity contribution in [2.45, 2.75) is 4.90 Å². The molecule has 1 N–H and O–H groups in total. The molecule has 4 rings (SSSR count). The topological polar surface area (TPSA) is 124 Å². The van der Waals surface area contributed by atoms with E-state index in [2.05, 4.69) is 20.5 Å². The zero-order valence-electron chi connectivity index (χ0n) is 14.7. The van der Waals surface area contributed by atoms with E-state index in [0.29, 0.717) is 20.2 Å². The van der Waals surface area contributed by atoms with E-state index in [1.165, 1.54) is 23.9 Å². The molecule has 3 heterocycles. The van der Waals surface area contributed by atoms with Gasteiger partial charge in [-0.2, -0.15) is 4.99 Å². The Bertz CT molecular complexity index is 1150. The smallest absolute Gasteiger partial charge is 0.398 e. The number of hydrogen-bond acceptors (Lipinski definition) is 10. The molecule has 2 aromatic heterocycles. The Kier molecular flexibility index (Phi) is 5.47. The van der Waals surface area contributed by atoms with Crippen molar-refractivity contribution in [2.24, 2.45) is 4.99 Å². The van der Waals surface area contributed by atoms with Crippen LogP contribution in [0.3, 0.4) is 0 Å². The fourth-order valence-corrected chi connectivity index (χ4v) is 4.29. The average Bonchev–Trinajstić information content (AvgIpc) is 3.43. The number of benzene rings is 1. The van der Waals surface area contributed by atoms with E-state index in [1.807, 2.05) is 30.5 Å². The molecular weight excluding hydrogens is 434 g/mol. The Morgan fingerprint density at radius 2 is 2.03 bits per heavy atom. The maximum atomic E-state index is 12.2. The van der Waals surface area contributed by atoms with E-state index in [1.54, 1.807) is 17.8 Å². The lowest BCUT2D eigenvalue weighted by Gasteiger charge is -1.97. The molecule has 1 aliphatic rings. The van der Waals surface area contributed by atoms with Crippen LogP contribution in [0, 0.1) is 10.1 Å². The quantitative estimate of drug-likeness (QED) is 0.266. The van der Waals surface area contributed by atoms with Crippen molar-refractivity contribution < 1.29 is 14.1 Å². The number of aliphatic imine (C=N–C) groups is 1. The molecule has 12 heteroatoms. The van der Waals surface area contributed by atoms with Crippen LogP contribution < -0.4 is 5.32 Å². The summed E-state index contributed by atoms with van der Waals surface area (Å²) < 4.78 is 5.11. The van der Waals surface area contributed by atoms with Crippen molar-refractivity contribution in [3.63, 3.8) is 0 Å². The van der Waals surface area contributed by atoms with Crippen molar-refractivity contribution in [1.29, 1.82) is 0 Å². The SMILES string of the molecule is CSc1ccc(C=C2SC(=Nc3nnc(-c4ccc([N+](=O)[O-])o4)s3)NC2=O)cc1. The standard InChI is InChI=1S/C17H11N5O4S3/c1-27-10-4-2-9(3-5-10)8-12-14(23)18-16(28-12)19-17-21-20-15(29-17)11-6-7-13(26-11)22(24)25/h2-8H,1H3,(H,18,19,21,23). The number of furan rings is 1. The van der Waals surface area contributed by atoms with Crippen LogP contribution in [0.15, 0.2) is 55.6 Å². The predicted molar refractivity (Wildman–Crippen MR) is 113 cm³/mol. The molecule has 0 unspecified atom stereocenters. The second-order valence-electron chi connectivity index (χ2n) is 5.54. The minimum atomic E-state index is -0.626. The van der Waals surface area contributed by atoms with Gasteiger partial charge in [-0.1, -0.05) is 23.5 Å². The highest BCUT2D eigenvalue weighted by Crippen LogP contribution is 2.33. The summed E-state index contributed by atoms with van der Waals surface area (Å²) in [4.78, 5) is 28.2. The largest absolute Gasteiger partial charge is 0.433 e. The van der Waals surface area contributed by atoms with Gasteiger partial charge in [0.1, 0.15) is 4.92 Å². The molecule has 0 saturated carbocycles. The Labute approximate surface area is 176 Å². The number of amidine groups is 1. The van der Waals surface area contributed by atoms with Crippen molar-refractivity contribution in [3.05, 3.63) is 57.0 Å². The Hall–Kier alpha value is -2.96. The zero-order chi connectivity index (χ0) is 20.4. The molecule has 0 radical (unpaired) electrons. The van der Waals surface area contributed by atoms with Crippen molar-refractivity contribution in [1.82, 2.24) is 15.5 Å². The van der Waals surface area contributed by atoms with Gasteiger partial charge in [0.05, 0.1) is 11.0 Å². The van der Waals surface area contributed by atoms with E-state index in [4.69, 9.17) is 4.42 Å². The summed E-state index contributed by atoms with van der Waals surface area (Å²) in [5, 5.41) is 22.3. The van der Waals surface area contributed by atoms with Gasteiger partial charge in [-0.25, -0.2) is 0 Å². The van der Waals surface area contributed by atoms with E-state index in [-0.39, 0.29) is 17.6 Å². The van der Waals surface area contributed by atoms with Gasteiger partial charge >= 0.3 is 5.88 Å². The van der Waals surface area contributed by atoms with Crippen LogP contribution in [0.1, 0.15) is 5.56 Å². The van der Waals surface area contributed by atoms with Gasteiger partial charge in [0.15, 0.2) is 15.9 Å². The van der Waals surface area contributed by atoms with Gasteiger partial charge in [-0.05, 0) is 47.9 Å². The summed E-state index contributed by atoms with van der Waals surface area (Å²) in [7, 11) is 0. The van der Waals surface area contributed by atoms with E-state index in [9.17, 15) is 14.9 Å². The molecule has 146 valence electrons. The number of nitro groups is 1. The summed E-state index contributed by atoms with van der Waals surface area (Å²) >= 11 is 3.95. The molecule has 0 spiro atoms. The predicted octanol–water partition coefficient (Wildman–Crippen LogP) is 4.32. The summed E-state index contributed by atoms with van der Waals surface area (Å²) in [6.45, 7) is 0. The Balaban J connectivity index is 1.50. The minimum absolute atomic E-state index is 0.234. The highest BCUT2D eigenvalue weighted by atomic mass is 32.2. The molecule has 1 amide bonds. The molecule has 0 atom stereocenters. The molecule has 1 fully saturated rings. The van der Waals surface area contributed by atoms with Gasteiger partial charge in [0.2, 0.25) is 5.13 Å². The fourth-order valence-electron chi connectivity index (χ4n) is 2.32. The third kappa shape index (κ3) is 4.39. The number of amides is 1. The molecule has 0 bridgehead atoms. The summed E-state index contributed by atoms with van der Waals surface area (Å²) in [6, 6.07) is 10.6. The fraction of sp³-hybridized carbons (Fsp3) is 0.0588. The maximum absolute atomic E-state index is 12.2. The second-order valence-corrected chi connectivity index (χ2v) is 8.41. The third-order valence-electron chi connectivity index (χ3n) is 3.66. The molecule has 1 aromatic carbocycles. The first-order valence-corrected chi connectivity index (χ1v) is 10.9. The van der Waals surface area contributed by atoms with Gasteiger partial charge in [-0.15, -0.1) is 22.0 Å². The molecule has 3 aromatic rings. The number of rotatable bonds is 5. The van der Waals surface area contributed by atoms with Crippen LogP contribution in [0.2, 0.25) is 0 Å². The van der Waals surface area contributed by atoms with Crippen LogP contribution >= 0.6 is 34.9 Å². The average molecular weight is 446 g/mol. The van der Waals surface area contributed by atoms with Crippen LogP contribution in [-0.2, 0) is 4.79 Å². The first kappa shape index (κ1) is 19.4. The van der Waals surface area contributed by atoms with Crippen molar-refractivity contribution in [2.75, 3.05) is 6.26 Å². The lowest BCUT2D eigenvalue weighted by molar-refractivity contribution is -0.401. The van der Waals surface area contributed by atoms with E-state index < -0.39 is 4.92 Å². The van der Waals surface area contributed by atoms with Gasteiger partial charge in [0, 0.05) is 4.90 Å². The number of carbonyl (C=O) groups is 1. The number of carbonyl (C=O) groups excluding carboxylic acids is 1. The number of thioether (sulfide) groups is 2. The number of hydrogen-bond donors (Lipinski definition) is 1. The van der Waals surface area contributed by atoms with Gasteiger partial charge in [0.25, 0.3) is 5.91 Å². The van der Waals surface area contributed by atoms with Crippen molar-refractivity contribution >= 4 is 63.0 Å². The zero-order valence-corrected chi connectivity index (χ0v) is 17.1. The van der Waals surface area contributed by atoms with Gasteiger partial charge in [-0.3, -0.25) is 14.9 Å². The van der Waals surface area contributed by atoms with Gasteiger partial charge < -0.3 is 9.73 Å². The number of aromatic nitrogens is 2. The van der Waals surface area contributed by atoms with Crippen LogP contribution in [-0.4, -0.2) is 32.5 Å². The van der Waals surface area contributed by atoms with E-state index in [0.717, 1.165) is 21.8 Å². The molecule has 0 aliphatic carbocycles. The minimum Gasteiger partial charge on any atom is -0.398 e. The molecule has 29 heavy (non-hydrogen) atoms. The monoisotopic (exact) mass is 445 g/mol. The second kappa shape index (κ2) is 8.19. The molecular formula is C17H11N5O4S3. The summed E-state index contributed by atoms with van der Waals surface area (Å²) in [6.07, 6.45) is 3.79. The lowest BCUT2D eigenvalue weighted by Crippen LogP contribution is -2.19. The number of nitrogens with zero attached hydrogens (tertiary/aromatic N) is 4. The summed E-state index contributed by atoms with van der Waals surface area (Å²) in [5.41, 5.74) is 0.916. The van der Waals surface area contributed by atoms with Crippen LogP contribution in [0.4, 0.5) is 11.0 Å². The highest BCUT2D eigenvalue weighted by Gasteiger charge is 2.24. The summed E-state index contributed by atoms with van der Waals surface area (Å²) in [5.74, 6) is -0.380. The number of nitrogens with one attached hydrogen (secondary N) is 1.